The summed E-state index contributed by atoms with van der Waals surface area (Å²) in [5.41, 5.74) is -0.561. The Morgan fingerprint density at radius 2 is 2.23 bits per heavy atom. The smallest absolute Gasteiger partial charge is 0.307 e. The van der Waals surface area contributed by atoms with Crippen LogP contribution in [-0.4, -0.2) is 22.7 Å². The highest BCUT2D eigenvalue weighted by Gasteiger charge is 2.45. The first-order valence-corrected chi connectivity index (χ1v) is 7.79. The van der Waals surface area contributed by atoms with Crippen LogP contribution in [0, 0.1) is 23.0 Å². The maximum atomic E-state index is 14.4. The molecule has 0 amide bonds. The predicted molar refractivity (Wildman–Crippen MR) is 84.3 cm³/mol. The molecule has 0 saturated carbocycles. The number of aliphatic carboxylic acids is 1. The molecule has 1 aliphatic heterocycles. The lowest BCUT2D eigenvalue weighted by Gasteiger charge is -2.35. The quantitative estimate of drug-likeness (QED) is 0.749. The number of rotatable bonds is 3. The summed E-state index contributed by atoms with van der Waals surface area (Å²) in [6.07, 6.45) is 2.57. The second-order valence-electron chi connectivity index (χ2n) is 6.06. The lowest BCUT2D eigenvalue weighted by atomic mass is 9.83. The van der Waals surface area contributed by atoms with Gasteiger partial charge in [-0.05, 0) is 18.1 Å². The molecule has 2 aromatic heterocycles. The van der Waals surface area contributed by atoms with Crippen molar-refractivity contribution in [3.05, 3.63) is 58.7 Å². The zero-order chi connectivity index (χ0) is 18.5. The van der Waals surface area contributed by atoms with Gasteiger partial charge >= 0.3 is 5.97 Å². The summed E-state index contributed by atoms with van der Waals surface area (Å²) in [5.74, 6) is -2.95. The molecule has 132 valence electrons. The molecule has 1 aromatic carbocycles. The third kappa shape index (κ3) is 2.14. The molecule has 0 spiro atoms. The number of hydrogen-bond donors (Lipinski definition) is 2. The Kier molecular flexibility index (Phi) is 3.56. The first kappa shape index (κ1) is 16.3. The number of aromatic amines is 1. The highest BCUT2D eigenvalue weighted by molar-refractivity contribution is 5.91. The number of carboxylic acids is 1. The van der Waals surface area contributed by atoms with Crippen molar-refractivity contribution in [3.8, 4) is 6.07 Å². The number of halogens is 2. The molecule has 0 fully saturated rings. The zero-order valence-electron chi connectivity index (χ0n) is 13.3. The molecule has 4 rings (SSSR count). The number of nitrogens with one attached hydrogen (secondary N) is 1. The molecule has 0 saturated heterocycles. The third-order valence-corrected chi connectivity index (χ3v) is 4.69. The van der Waals surface area contributed by atoms with Crippen LogP contribution in [0.25, 0.3) is 10.9 Å². The van der Waals surface area contributed by atoms with Crippen molar-refractivity contribution in [2.45, 2.75) is 18.4 Å². The number of aromatic nitrogens is 1. The van der Waals surface area contributed by atoms with Gasteiger partial charge in [0, 0.05) is 17.0 Å². The van der Waals surface area contributed by atoms with Crippen molar-refractivity contribution in [3.63, 3.8) is 0 Å². The zero-order valence-corrected chi connectivity index (χ0v) is 13.3. The highest BCUT2D eigenvalue weighted by Crippen LogP contribution is 2.45. The van der Waals surface area contributed by atoms with Crippen LogP contribution in [0.15, 0.2) is 29.1 Å². The minimum atomic E-state index is -1.44. The Morgan fingerprint density at radius 3 is 2.88 bits per heavy atom. The van der Waals surface area contributed by atoms with Crippen molar-refractivity contribution in [1.82, 2.24) is 4.98 Å². The van der Waals surface area contributed by atoms with Gasteiger partial charge in [-0.3, -0.25) is 4.79 Å². The van der Waals surface area contributed by atoms with Gasteiger partial charge in [0.25, 0.3) is 0 Å². The van der Waals surface area contributed by atoms with Crippen molar-refractivity contribution < 1.29 is 27.8 Å². The van der Waals surface area contributed by atoms with E-state index in [1.807, 2.05) is 0 Å². The summed E-state index contributed by atoms with van der Waals surface area (Å²) in [5, 5.41) is 18.9. The SMILES string of the molecule is N#Cc1c(F)cc(F)c2[nH]c3c(c12)CCOC3(CC(=O)O)c1ccoc1. The van der Waals surface area contributed by atoms with Gasteiger partial charge in [0.1, 0.15) is 23.3 Å². The average molecular weight is 358 g/mol. The predicted octanol–water partition coefficient (Wildman–Crippen LogP) is 3.20. The number of fused-ring (bicyclic) bond motifs is 3. The molecule has 0 bridgehead atoms. The van der Waals surface area contributed by atoms with Gasteiger partial charge in [-0.15, -0.1) is 0 Å². The van der Waals surface area contributed by atoms with E-state index in [1.165, 1.54) is 12.5 Å². The van der Waals surface area contributed by atoms with E-state index >= 15 is 0 Å². The van der Waals surface area contributed by atoms with Crippen LogP contribution in [-0.2, 0) is 21.6 Å². The number of nitriles is 1. The molecule has 1 atom stereocenters. The maximum Gasteiger partial charge on any atom is 0.307 e. The van der Waals surface area contributed by atoms with E-state index in [1.54, 1.807) is 12.1 Å². The molecule has 3 aromatic rings. The number of nitrogens with zero attached hydrogens (tertiary/aromatic N) is 1. The lowest BCUT2D eigenvalue weighted by Crippen LogP contribution is -2.38. The minimum Gasteiger partial charge on any atom is -0.481 e. The Bertz CT molecular complexity index is 1070. The van der Waals surface area contributed by atoms with Crippen LogP contribution >= 0.6 is 0 Å². The summed E-state index contributed by atoms with van der Waals surface area (Å²) in [4.78, 5) is 14.4. The molecule has 0 aliphatic carbocycles. The fourth-order valence-electron chi connectivity index (χ4n) is 3.65. The normalized spacial score (nSPS) is 19.3. The van der Waals surface area contributed by atoms with Gasteiger partial charge in [-0.2, -0.15) is 5.26 Å². The van der Waals surface area contributed by atoms with Crippen LogP contribution < -0.4 is 0 Å². The Labute approximate surface area is 145 Å². The van der Waals surface area contributed by atoms with Gasteiger partial charge < -0.3 is 19.2 Å². The van der Waals surface area contributed by atoms with Crippen LogP contribution in [0.1, 0.15) is 28.8 Å². The topological polar surface area (TPSA) is 99.2 Å². The molecular formula is C18H12F2N2O4. The Hall–Kier alpha value is -3.18. The van der Waals surface area contributed by atoms with Crippen LogP contribution in [0.3, 0.4) is 0 Å². The van der Waals surface area contributed by atoms with Crippen molar-refractivity contribution in [1.29, 1.82) is 5.26 Å². The van der Waals surface area contributed by atoms with Crippen molar-refractivity contribution >= 4 is 16.9 Å². The number of furan rings is 1. The number of H-pyrrole nitrogens is 1. The van der Waals surface area contributed by atoms with E-state index in [-0.39, 0.29) is 29.5 Å². The molecule has 2 N–H and O–H groups in total. The second kappa shape index (κ2) is 5.68. The van der Waals surface area contributed by atoms with Gasteiger partial charge in [-0.1, -0.05) is 0 Å². The Morgan fingerprint density at radius 1 is 1.42 bits per heavy atom. The van der Waals surface area contributed by atoms with Gasteiger partial charge in [0.05, 0.1) is 42.3 Å². The van der Waals surface area contributed by atoms with E-state index < -0.39 is 29.6 Å². The second-order valence-corrected chi connectivity index (χ2v) is 6.06. The van der Waals surface area contributed by atoms with Crippen LogP contribution in [0.5, 0.6) is 0 Å². The number of hydrogen-bond acceptors (Lipinski definition) is 4. The molecular weight excluding hydrogens is 346 g/mol. The fraction of sp³-hybridized carbons (Fsp3) is 0.222. The number of carboxylic acid groups (broad SMARTS) is 1. The highest BCUT2D eigenvalue weighted by atomic mass is 19.1. The molecule has 6 nitrogen and oxygen atoms in total. The molecule has 0 radical (unpaired) electrons. The molecule has 1 aliphatic rings. The van der Waals surface area contributed by atoms with Gasteiger partial charge in [0.15, 0.2) is 0 Å². The van der Waals surface area contributed by atoms with E-state index in [0.29, 0.717) is 22.9 Å². The summed E-state index contributed by atoms with van der Waals surface area (Å²) < 4.78 is 39.4. The van der Waals surface area contributed by atoms with E-state index in [0.717, 1.165) is 0 Å². The maximum absolute atomic E-state index is 14.4. The summed E-state index contributed by atoms with van der Waals surface area (Å²) >= 11 is 0. The van der Waals surface area contributed by atoms with E-state index in [9.17, 15) is 23.9 Å². The largest absolute Gasteiger partial charge is 0.481 e. The Balaban J connectivity index is 2.10. The van der Waals surface area contributed by atoms with Crippen molar-refractivity contribution in [2.75, 3.05) is 6.61 Å². The van der Waals surface area contributed by atoms with Gasteiger partial charge in [-0.25, -0.2) is 8.78 Å². The average Bonchev–Trinajstić information content (AvgIpc) is 3.24. The molecule has 3 heterocycles. The monoisotopic (exact) mass is 358 g/mol. The van der Waals surface area contributed by atoms with Crippen LogP contribution in [0.2, 0.25) is 0 Å². The van der Waals surface area contributed by atoms with Crippen molar-refractivity contribution in [2.24, 2.45) is 0 Å². The minimum absolute atomic E-state index is 0.0447. The standard InChI is InChI=1S/C18H12F2N2O4/c19-12-5-13(20)16-15(11(12)7-21)10-2-4-26-18(6-14(23)24,17(10)22-16)9-1-3-25-8-9/h1,3,5,8,22H,2,4,6H2,(H,23,24). The number of benzene rings is 1. The molecule has 8 heteroatoms. The van der Waals surface area contributed by atoms with E-state index in [4.69, 9.17) is 9.15 Å². The summed E-state index contributed by atoms with van der Waals surface area (Å²) in [6.45, 7) is 0.126. The molecule has 26 heavy (non-hydrogen) atoms. The number of ether oxygens (including phenoxy) is 1. The summed E-state index contributed by atoms with van der Waals surface area (Å²) in [6, 6.07) is 3.97. The lowest BCUT2D eigenvalue weighted by molar-refractivity contribution is -0.144. The first-order chi connectivity index (χ1) is 12.5. The fourth-order valence-corrected chi connectivity index (χ4v) is 3.65. The molecule has 1 unspecified atom stereocenters. The number of carbonyl (C=O) groups is 1. The van der Waals surface area contributed by atoms with Crippen LogP contribution in [0.4, 0.5) is 8.78 Å². The van der Waals surface area contributed by atoms with Gasteiger partial charge in [0.2, 0.25) is 0 Å². The first-order valence-electron chi connectivity index (χ1n) is 7.79. The summed E-state index contributed by atoms with van der Waals surface area (Å²) in [7, 11) is 0. The third-order valence-electron chi connectivity index (χ3n) is 4.69. The van der Waals surface area contributed by atoms with E-state index in [2.05, 4.69) is 4.98 Å².